The Bertz CT molecular complexity index is 629. The number of ketones is 1. The molecule has 0 fully saturated rings. The van der Waals surface area contributed by atoms with Crippen molar-refractivity contribution < 1.29 is 9.90 Å². The third kappa shape index (κ3) is 6.11. The molecule has 0 atom stereocenters. The Kier molecular flexibility index (Phi) is 7.12. The second-order valence-corrected chi connectivity index (χ2v) is 5.72. The third-order valence-corrected chi connectivity index (χ3v) is 3.87. The van der Waals surface area contributed by atoms with Crippen molar-refractivity contribution in [2.24, 2.45) is 0 Å². The van der Waals surface area contributed by atoms with Crippen molar-refractivity contribution in [2.45, 2.75) is 38.5 Å². The van der Waals surface area contributed by atoms with Crippen molar-refractivity contribution in [3.8, 4) is 5.75 Å². The summed E-state index contributed by atoms with van der Waals surface area (Å²) in [4.78, 5) is 11.9. The molecule has 0 aliphatic heterocycles. The second-order valence-electron chi connectivity index (χ2n) is 5.72. The number of allylic oxidation sites excluding steroid dienone is 2. The van der Waals surface area contributed by atoms with Crippen LogP contribution in [0.15, 0.2) is 66.7 Å². The number of aromatic hydroxyl groups is 1. The number of aryl methyl sites for hydroxylation is 1. The van der Waals surface area contributed by atoms with Gasteiger partial charge in [0.2, 0.25) is 0 Å². The Morgan fingerprint density at radius 3 is 2.35 bits per heavy atom. The van der Waals surface area contributed by atoms with Gasteiger partial charge in [0.1, 0.15) is 5.75 Å². The standard InChI is InChI=1S/C21H24O2/c22-20(19-15-10-11-17-21(19)23)16-9-4-2-1-3-6-12-18-13-7-5-8-14-18/h5,7-11,13-17,23H,1-4,6,12H2/b16-9+. The van der Waals surface area contributed by atoms with Crippen LogP contribution in [0.25, 0.3) is 0 Å². The average Bonchev–Trinajstić information content (AvgIpc) is 2.58. The van der Waals surface area contributed by atoms with Gasteiger partial charge < -0.3 is 5.11 Å². The van der Waals surface area contributed by atoms with E-state index in [0.29, 0.717) is 5.56 Å². The lowest BCUT2D eigenvalue weighted by Crippen LogP contribution is -1.94. The number of phenolic OH excluding ortho intramolecular Hbond substituents is 1. The molecule has 120 valence electrons. The molecule has 23 heavy (non-hydrogen) atoms. The summed E-state index contributed by atoms with van der Waals surface area (Å²) in [5.74, 6) is -0.0877. The molecule has 0 amide bonds. The van der Waals surface area contributed by atoms with Crippen LogP contribution in [0.4, 0.5) is 0 Å². The zero-order valence-electron chi connectivity index (χ0n) is 13.4. The summed E-state index contributed by atoms with van der Waals surface area (Å²) in [5, 5.41) is 9.62. The molecule has 0 spiro atoms. The van der Waals surface area contributed by atoms with E-state index in [1.807, 2.05) is 12.1 Å². The fraction of sp³-hybridized carbons (Fsp3) is 0.286. The van der Waals surface area contributed by atoms with E-state index in [4.69, 9.17) is 0 Å². The lowest BCUT2D eigenvalue weighted by Gasteiger charge is -2.01. The quantitative estimate of drug-likeness (QED) is 0.386. The lowest BCUT2D eigenvalue weighted by atomic mass is 10.0. The van der Waals surface area contributed by atoms with E-state index in [1.165, 1.54) is 30.9 Å². The minimum atomic E-state index is -0.132. The molecule has 0 saturated carbocycles. The molecule has 0 unspecified atom stereocenters. The highest BCUT2D eigenvalue weighted by Crippen LogP contribution is 2.16. The van der Waals surface area contributed by atoms with Gasteiger partial charge in [0.05, 0.1) is 5.56 Å². The van der Waals surface area contributed by atoms with E-state index in [1.54, 1.807) is 24.3 Å². The van der Waals surface area contributed by atoms with Crippen molar-refractivity contribution in [3.05, 3.63) is 77.9 Å². The molecule has 0 radical (unpaired) electrons. The Hall–Kier alpha value is -2.35. The van der Waals surface area contributed by atoms with Gasteiger partial charge in [-0.1, -0.05) is 61.4 Å². The third-order valence-electron chi connectivity index (χ3n) is 3.87. The predicted molar refractivity (Wildman–Crippen MR) is 94.8 cm³/mol. The first-order chi connectivity index (χ1) is 11.3. The topological polar surface area (TPSA) is 37.3 Å². The number of phenols is 1. The fourth-order valence-corrected chi connectivity index (χ4v) is 2.55. The van der Waals surface area contributed by atoms with Crippen LogP contribution in [0.3, 0.4) is 0 Å². The Morgan fingerprint density at radius 1 is 0.870 bits per heavy atom. The van der Waals surface area contributed by atoms with Crippen molar-refractivity contribution in [3.63, 3.8) is 0 Å². The number of carbonyl (C=O) groups is 1. The van der Waals surface area contributed by atoms with Crippen LogP contribution in [0.1, 0.15) is 48.0 Å². The van der Waals surface area contributed by atoms with Gasteiger partial charge in [-0.3, -0.25) is 4.79 Å². The first-order valence-corrected chi connectivity index (χ1v) is 8.30. The van der Waals surface area contributed by atoms with Crippen LogP contribution in [0.5, 0.6) is 5.75 Å². The molecule has 1 N–H and O–H groups in total. The number of benzene rings is 2. The number of hydrogen-bond acceptors (Lipinski definition) is 2. The van der Waals surface area contributed by atoms with E-state index in [2.05, 4.69) is 24.3 Å². The summed E-state index contributed by atoms with van der Waals surface area (Å²) < 4.78 is 0. The molecule has 0 aromatic heterocycles. The summed E-state index contributed by atoms with van der Waals surface area (Å²) in [6.07, 6.45) is 10.2. The largest absolute Gasteiger partial charge is 0.507 e. The predicted octanol–water partition coefficient (Wildman–Crippen LogP) is 5.32. The van der Waals surface area contributed by atoms with E-state index in [0.717, 1.165) is 19.3 Å². The second kappa shape index (κ2) is 9.62. The van der Waals surface area contributed by atoms with Crippen LogP contribution >= 0.6 is 0 Å². The maximum absolute atomic E-state index is 11.9. The van der Waals surface area contributed by atoms with Crippen LogP contribution in [0.2, 0.25) is 0 Å². The van der Waals surface area contributed by atoms with Gasteiger partial charge >= 0.3 is 0 Å². The van der Waals surface area contributed by atoms with Crippen molar-refractivity contribution in [1.29, 1.82) is 0 Å². The summed E-state index contributed by atoms with van der Waals surface area (Å²) in [6, 6.07) is 17.2. The van der Waals surface area contributed by atoms with E-state index in [-0.39, 0.29) is 11.5 Å². The molecule has 0 saturated heterocycles. The van der Waals surface area contributed by atoms with Gasteiger partial charge in [0.25, 0.3) is 0 Å². The Morgan fingerprint density at radius 2 is 1.57 bits per heavy atom. The van der Waals surface area contributed by atoms with Crippen molar-refractivity contribution in [2.75, 3.05) is 0 Å². The molecule has 0 aliphatic carbocycles. The highest BCUT2D eigenvalue weighted by molar-refractivity contribution is 6.06. The Labute approximate surface area is 138 Å². The molecular formula is C21H24O2. The smallest absolute Gasteiger partial charge is 0.189 e. The number of para-hydroxylation sites is 1. The van der Waals surface area contributed by atoms with E-state index in [9.17, 15) is 9.90 Å². The van der Waals surface area contributed by atoms with Crippen LogP contribution in [-0.2, 0) is 6.42 Å². The van der Waals surface area contributed by atoms with Crippen molar-refractivity contribution in [1.82, 2.24) is 0 Å². The highest BCUT2D eigenvalue weighted by atomic mass is 16.3. The zero-order valence-corrected chi connectivity index (χ0v) is 13.4. The van der Waals surface area contributed by atoms with Gasteiger partial charge in [-0.2, -0.15) is 0 Å². The van der Waals surface area contributed by atoms with Gasteiger partial charge in [0.15, 0.2) is 5.78 Å². The van der Waals surface area contributed by atoms with Gasteiger partial charge in [-0.15, -0.1) is 0 Å². The molecule has 2 aromatic rings. The summed E-state index contributed by atoms with van der Waals surface area (Å²) >= 11 is 0. The number of rotatable bonds is 9. The number of hydrogen-bond donors (Lipinski definition) is 1. The number of carbonyl (C=O) groups excluding carboxylic acids is 1. The molecule has 2 heteroatoms. The molecule has 2 rings (SSSR count). The molecule has 0 aliphatic rings. The molecule has 0 heterocycles. The number of unbranched alkanes of at least 4 members (excludes halogenated alkanes) is 4. The highest BCUT2D eigenvalue weighted by Gasteiger charge is 2.05. The van der Waals surface area contributed by atoms with Gasteiger partial charge in [0, 0.05) is 0 Å². The minimum absolute atomic E-state index is 0.0445. The molecule has 0 bridgehead atoms. The maximum Gasteiger partial charge on any atom is 0.189 e. The van der Waals surface area contributed by atoms with Gasteiger partial charge in [-0.25, -0.2) is 0 Å². The summed E-state index contributed by atoms with van der Waals surface area (Å²) in [7, 11) is 0. The zero-order chi connectivity index (χ0) is 16.3. The summed E-state index contributed by atoms with van der Waals surface area (Å²) in [5.41, 5.74) is 1.77. The fourth-order valence-electron chi connectivity index (χ4n) is 2.55. The van der Waals surface area contributed by atoms with Crippen LogP contribution in [-0.4, -0.2) is 10.9 Å². The minimum Gasteiger partial charge on any atom is -0.507 e. The SMILES string of the molecule is O=C(/C=C/CCCCCCc1ccccc1)c1ccccc1O. The lowest BCUT2D eigenvalue weighted by molar-refractivity contribution is 0.104. The Balaban J connectivity index is 1.58. The monoisotopic (exact) mass is 308 g/mol. The maximum atomic E-state index is 11.9. The molecule has 2 aromatic carbocycles. The first kappa shape index (κ1) is 17.0. The van der Waals surface area contributed by atoms with Crippen LogP contribution < -0.4 is 0 Å². The van der Waals surface area contributed by atoms with E-state index < -0.39 is 0 Å². The molecular weight excluding hydrogens is 284 g/mol. The van der Waals surface area contributed by atoms with Gasteiger partial charge in [-0.05, 0) is 49.5 Å². The van der Waals surface area contributed by atoms with E-state index >= 15 is 0 Å². The molecule has 2 nitrogen and oxygen atoms in total. The normalized spacial score (nSPS) is 11.0. The first-order valence-electron chi connectivity index (χ1n) is 8.30. The van der Waals surface area contributed by atoms with Crippen LogP contribution in [0, 0.1) is 0 Å². The van der Waals surface area contributed by atoms with Crippen molar-refractivity contribution >= 4 is 5.78 Å². The average molecular weight is 308 g/mol. The summed E-state index contributed by atoms with van der Waals surface area (Å²) in [6.45, 7) is 0.